The van der Waals surface area contributed by atoms with Crippen LogP contribution in [0.2, 0.25) is 0 Å². The molecular formula is C13H20N2O4. The number of hydrogen-bond donors (Lipinski definition) is 3. The molecule has 0 radical (unpaired) electrons. The predicted molar refractivity (Wildman–Crippen MR) is 69.9 cm³/mol. The van der Waals surface area contributed by atoms with E-state index in [1.165, 1.54) is 7.11 Å². The van der Waals surface area contributed by atoms with Crippen molar-refractivity contribution >= 4 is 11.9 Å². The van der Waals surface area contributed by atoms with Gasteiger partial charge in [0, 0.05) is 12.2 Å². The SMILES string of the molecule is COC(=O)c1ccc(CNC(CC(C)C)C(=O)O)[nH]1. The molecule has 1 aromatic heterocycles. The molecule has 0 aliphatic carbocycles. The number of carboxylic acids is 1. The summed E-state index contributed by atoms with van der Waals surface area (Å²) in [5, 5.41) is 12.0. The summed E-state index contributed by atoms with van der Waals surface area (Å²) in [5.74, 6) is -1.01. The summed E-state index contributed by atoms with van der Waals surface area (Å²) >= 11 is 0. The number of esters is 1. The Kier molecular flexibility index (Phi) is 5.57. The lowest BCUT2D eigenvalue weighted by molar-refractivity contribution is -0.140. The van der Waals surface area contributed by atoms with Crippen molar-refractivity contribution in [2.45, 2.75) is 32.9 Å². The first kappa shape index (κ1) is 15.2. The molecule has 3 N–H and O–H groups in total. The highest BCUT2D eigenvalue weighted by Gasteiger charge is 2.18. The quantitative estimate of drug-likeness (QED) is 0.650. The lowest BCUT2D eigenvalue weighted by atomic mass is 10.0. The van der Waals surface area contributed by atoms with Crippen molar-refractivity contribution in [1.82, 2.24) is 10.3 Å². The van der Waals surface area contributed by atoms with Crippen LogP contribution in [0, 0.1) is 5.92 Å². The van der Waals surface area contributed by atoms with Crippen molar-refractivity contribution in [3.05, 3.63) is 23.5 Å². The monoisotopic (exact) mass is 268 g/mol. The number of carboxylic acid groups (broad SMARTS) is 1. The van der Waals surface area contributed by atoms with Crippen LogP contribution in [0.3, 0.4) is 0 Å². The van der Waals surface area contributed by atoms with Gasteiger partial charge in [0.1, 0.15) is 11.7 Å². The normalized spacial score (nSPS) is 12.4. The van der Waals surface area contributed by atoms with Gasteiger partial charge in [-0.3, -0.25) is 10.1 Å². The lowest BCUT2D eigenvalue weighted by Crippen LogP contribution is -2.37. The molecule has 0 bridgehead atoms. The lowest BCUT2D eigenvalue weighted by Gasteiger charge is -2.15. The Morgan fingerprint density at radius 3 is 2.63 bits per heavy atom. The van der Waals surface area contributed by atoms with Gasteiger partial charge >= 0.3 is 11.9 Å². The van der Waals surface area contributed by atoms with Crippen LogP contribution in [0.1, 0.15) is 36.5 Å². The minimum atomic E-state index is -0.867. The minimum Gasteiger partial charge on any atom is -0.480 e. The third-order valence-electron chi connectivity index (χ3n) is 2.70. The molecule has 6 heteroatoms. The fraction of sp³-hybridized carbons (Fsp3) is 0.538. The summed E-state index contributed by atoms with van der Waals surface area (Å²) in [4.78, 5) is 25.2. The van der Waals surface area contributed by atoms with Gasteiger partial charge in [0.05, 0.1) is 7.11 Å². The number of hydrogen-bond acceptors (Lipinski definition) is 4. The van der Waals surface area contributed by atoms with Gasteiger partial charge in [0.2, 0.25) is 0 Å². The van der Waals surface area contributed by atoms with Crippen LogP contribution < -0.4 is 5.32 Å². The molecule has 1 atom stereocenters. The van der Waals surface area contributed by atoms with Crippen molar-refractivity contribution in [1.29, 1.82) is 0 Å². The van der Waals surface area contributed by atoms with Crippen LogP contribution in [0.25, 0.3) is 0 Å². The van der Waals surface area contributed by atoms with Gasteiger partial charge in [-0.15, -0.1) is 0 Å². The van der Waals surface area contributed by atoms with E-state index in [2.05, 4.69) is 15.0 Å². The van der Waals surface area contributed by atoms with Crippen LogP contribution >= 0.6 is 0 Å². The number of aliphatic carboxylic acids is 1. The fourth-order valence-corrected chi connectivity index (χ4v) is 1.75. The number of ether oxygens (including phenoxy) is 1. The van der Waals surface area contributed by atoms with Crippen molar-refractivity contribution < 1.29 is 19.4 Å². The summed E-state index contributed by atoms with van der Waals surface area (Å²) in [5.41, 5.74) is 1.10. The van der Waals surface area contributed by atoms with E-state index in [1.54, 1.807) is 12.1 Å². The summed E-state index contributed by atoms with van der Waals surface area (Å²) in [6, 6.07) is 2.75. The molecule has 0 aromatic carbocycles. The van der Waals surface area contributed by atoms with Gasteiger partial charge in [0.15, 0.2) is 0 Å². The zero-order valence-corrected chi connectivity index (χ0v) is 11.4. The molecule has 0 aliphatic heterocycles. The number of H-pyrrole nitrogens is 1. The van der Waals surface area contributed by atoms with Crippen LogP contribution in [0.4, 0.5) is 0 Å². The standard InChI is InChI=1S/C13H20N2O4/c1-8(2)6-11(12(16)17)14-7-9-4-5-10(15-9)13(18)19-3/h4-5,8,11,14-15H,6-7H2,1-3H3,(H,16,17). The highest BCUT2D eigenvalue weighted by Crippen LogP contribution is 2.07. The van der Waals surface area contributed by atoms with E-state index < -0.39 is 18.0 Å². The molecule has 19 heavy (non-hydrogen) atoms. The van der Waals surface area contributed by atoms with E-state index in [4.69, 9.17) is 5.11 Å². The predicted octanol–water partition coefficient (Wildman–Crippen LogP) is 1.39. The number of carbonyl (C=O) groups is 2. The second-order valence-corrected chi connectivity index (χ2v) is 4.79. The van der Waals surface area contributed by atoms with Gasteiger partial charge in [0.25, 0.3) is 0 Å². The molecule has 1 aromatic rings. The molecule has 0 amide bonds. The van der Waals surface area contributed by atoms with Crippen LogP contribution in [-0.2, 0) is 16.1 Å². The van der Waals surface area contributed by atoms with E-state index in [-0.39, 0.29) is 0 Å². The van der Waals surface area contributed by atoms with Crippen molar-refractivity contribution in [2.24, 2.45) is 5.92 Å². The van der Waals surface area contributed by atoms with Crippen LogP contribution in [0.15, 0.2) is 12.1 Å². The fourth-order valence-electron chi connectivity index (χ4n) is 1.75. The second kappa shape index (κ2) is 6.94. The van der Waals surface area contributed by atoms with Gasteiger partial charge < -0.3 is 14.8 Å². The van der Waals surface area contributed by atoms with Crippen LogP contribution in [0.5, 0.6) is 0 Å². The van der Waals surface area contributed by atoms with Gasteiger partial charge in [-0.05, 0) is 24.5 Å². The number of rotatable bonds is 7. The topological polar surface area (TPSA) is 91.4 Å². The Labute approximate surface area is 112 Å². The zero-order chi connectivity index (χ0) is 14.4. The number of carbonyl (C=O) groups excluding carboxylic acids is 1. The van der Waals surface area contributed by atoms with E-state index in [0.29, 0.717) is 24.6 Å². The zero-order valence-electron chi connectivity index (χ0n) is 11.4. The molecule has 0 saturated carbocycles. The molecule has 0 aliphatic rings. The first-order valence-corrected chi connectivity index (χ1v) is 6.16. The Hall–Kier alpha value is -1.82. The third kappa shape index (κ3) is 4.75. The first-order valence-electron chi connectivity index (χ1n) is 6.16. The number of methoxy groups -OCH3 is 1. The molecular weight excluding hydrogens is 248 g/mol. The average Bonchev–Trinajstić information content (AvgIpc) is 2.81. The molecule has 1 unspecified atom stereocenters. The molecule has 0 fully saturated rings. The minimum absolute atomic E-state index is 0.294. The van der Waals surface area contributed by atoms with Crippen molar-refractivity contribution in [3.63, 3.8) is 0 Å². The third-order valence-corrected chi connectivity index (χ3v) is 2.70. The second-order valence-electron chi connectivity index (χ2n) is 4.79. The average molecular weight is 268 g/mol. The molecule has 0 spiro atoms. The van der Waals surface area contributed by atoms with Gasteiger partial charge in [-0.2, -0.15) is 0 Å². The summed E-state index contributed by atoms with van der Waals surface area (Å²) in [6.07, 6.45) is 0.555. The molecule has 106 valence electrons. The Bertz CT molecular complexity index is 440. The highest BCUT2D eigenvalue weighted by atomic mass is 16.5. The molecule has 6 nitrogen and oxygen atoms in total. The van der Waals surface area contributed by atoms with Crippen LogP contribution in [-0.4, -0.2) is 35.2 Å². The van der Waals surface area contributed by atoms with E-state index in [9.17, 15) is 9.59 Å². The summed E-state index contributed by atoms with van der Waals surface area (Å²) < 4.78 is 4.58. The van der Waals surface area contributed by atoms with E-state index >= 15 is 0 Å². The number of aromatic nitrogens is 1. The van der Waals surface area contributed by atoms with Crippen molar-refractivity contribution in [2.75, 3.05) is 7.11 Å². The largest absolute Gasteiger partial charge is 0.480 e. The van der Waals surface area contributed by atoms with Gasteiger partial charge in [-0.1, -0.05) is 13.8 Å². The maximum atomic E-state index is 11.3. The number of nitrogens with one attached hydrogen (secondary N) is 2. The Morgan fingerprint density at radius 2 is 2.11 bits per heavy atom. The smallest absolute Gasteiger partial charge is 0.354 e. The first-order chi connectivity index (χ1) is 8.93. The van der Waals surface area contributed by atoms with E-state index in [1.807, 2.05) is 13.8 Å². The molecule has 0 saturated heterocycles. The maximum Gasteiger partial charge on any atom is 0.354 e. The van der Waals surface area contributed by atoms with E-state index in [0.717, 1.165) is 5.69 Å². The Morgan fingerprint density at radius 1 is 1.42 bits per heavy atom. The molecule has 1 heterocycles. The van der Waals surface area contributed by atoms with Gasteiger partial charge in [-0.25, -0.2) is 4.79 Å². The molecule has 1 rings (SSSR count). The van der Waals surface area contributed by atoms with Crippen molar-refractivity contribution in [3.8, 4) is 0 Å². The number of aromatic amines is 1. The summed E-state index contributed by atoms with van der Waals surface area (Å²) in [6.45, 7) is 4.31. The summed E-state index contributed by atoms with van der Waals surface area (Å²) in [7, 11) is 1.31. The highest BCUT2D eigenvalue weighted by molar-refractivity contribution is 5.87. The Balaban J connectivity index is 2.57. The maximum absolute atomic E-state index is 11.3.